The van der Waals surface area contributed by atoms with Gasteiger partial charge in [-0.2, -0.15) is 0 Å². The van der Waals surface area contributed by atoms with Crippen LogP contribution >= 0.6 is 0 Å². The van der Waals surface area contributed by atoms with Crippen molar-refractivity contribution in [2.24, 2.45) is 4.99 Å². The first-order valence-corrected chi connectivity index (χ1v) is 5.03. The van der Waals surface area contributed by atoms with Gasteiger partial charge in [-0.15, -0.1) is 0 Å². The zero-order valence-electron chi connectivity index (χ0n) is 8.97. The lowest BCUT2D eigenvalue weighted by molar-refractivity contribution is 0.478. The van der Waals surface area contributed by atoms with Gasteiger partial charge in [-0.25, -0.2) is 4.39 Å². The van der Waals surface area contributed by atoms with E-state index in [2.05, 4.69) is 4.99 Å². The fourth-order valence-corrected chi connectivity index (χ4v) is 1.33. The molecular weight excluding hydrogens is 219 g/mol. The molecule has 0 unspecified atom stereocenters. The van der Waals surface area contributed by atoms with E-state index >= 15 is 0 Å². The Morgan fingerprint density at radius 2 is 1.82 bits per heavy atom. The molecule has 2 aromatic rings. The quantitative estimate of drug-likeness (QED) is 0.473. The zero-order valence-corrected chi connectivity index (χ0v) is 8.97. The molecule has 2 rings (SSSR count). The zero-order chi connectivity index (χ0) is 12.3. The number of hydrogen-bond acceptors (Lipinski definition) is 3. The van der Waals surface area contributed by atoms with Gasteiger partial charge in [-0.05, 0) is 48.0 Å². The topological polar surface area (TPSA) is 58.6 Å². The number of benzene rings is 2. The molecule has 0 spiro atoms. The molecular formula is C13H11FN2O. The Balaban J connectivity index is 2.20. The van der Waals surface area contributed by atoms with Gasteiger partial charge in [0.05, 0.1) is 11.4 Å². The van der Waals surface area contributed by atoms with Crippen LogP contribution in [0.2, 0.25) is 0 Å². The van der Waals surface area contributed by atoms with Gasteiger partial charge < -0.3 is 10.8 Å². The number of phenolic OH excluding ortho intramolecular Hbond substituents is 1. The number of aromatic hydroxyl groups is 1. The van der Waals surface area contributed by atoms with Crippen LogP contribution in [-0.4, -0.2) is 11.3 Å². The molecule has 0 aliphatic heterocycles. The molecule has 3 nitrogen and oxygen atoms in total. The van der Waals surface area contributed by atoms with Gasteiger partial charge in [0.15, 0.2) is 0 Å². The number of nitrogens with zero attached hydrogens (tertiary/aromatic N) is 1. The fourth-order valence-electron chi connectivity index (χ4n) is 1.33. The molecule has 0 radical (unpaired) electrons. The van der Waals surface area contributed by atoms with Crippen LogP contribution in [0.5, 0.6) is 5.75 Å². The summed E-state index contributed by atoms with van der Waals surface area (Å²) in [5, 5.41) is 9.25. The van der Waals surface area contributed by atoms with Crippen LogP contribution < -0.4 is 5.73 Å². The normalized spacial score (nSPS) is 10.9. The van der Waals surface area contributed by atoms with Crippen molar-refractivity contribution in [3.63, 3.8) is 0 Å². The summed E-state index contributed by atoms with van der Waals surface area (Å²) >= 11 is 0. The second kappa shape index (κ2) is 4.65. The molecule has 2 aromatic carbocycles. The number of hydrogen-bond donors (Lipinski definition) is 2. The van der Waals surface area contributed by atoms with Gasteiger partial charge in [0.25, 0.3) is 0 Å². The van der Waals surface area contributed by atoms with Crippen molar-refractivity contribution in [1.82, 2.24) is 0 Å². The number of nitrogen functional groups attached to an aromatic ring is 1. The number of aliphatic imine (C=N–C) groups is 1. The molecule has 3 N–H and O–H groups in total. The van der Waals surface area contributed by atoms with Crippen molar-refractivity contribution < 1.29 is 9.50 Å². The molecule has 4 heteroatoms. The van der Waals surface area contributed by atoms with Crippen LogP contribution in [-0.2, 0) is 0 Å². The van der Waals surface area contributed by atoms with Crippen LogP contribution in [0.3, 0.4) is 0 Å². The Morgan fingerprint density at radius 1 is 1.12 bits per heavy atom. The third-order valence-corrected chi connectivity index (χ3v) is 2.24. The Bertz CT molecular complexity index is 550. The second-order valence-corrected chi connectivity index (χ2v) is 3.55. The maximum Gasteiger partial charge on any atom is 0.138 e. The van der Waals surface area contributed by atoms with Crippen molar-refractivity contribution in [2.75, 3.05) is 5.73 Å². The summed E-state index contributed by atoms with van der Waals surface area (Å²) in [7, 11) is 0. The van der Waals surface area contributed by atoms with E-state index in [0.29, 0.717) is 11.4 Å². The molecule has 17 heavy (non-hydrogen) atoms. The number of rotatable bonds is 2. The first kappa shape index (κ1) is 11.1. The lowest BCUT2D eigenvalue weighted by atomic mass is 10.2. The van der Waals surface area contributed by atoms with Gasteiger partial charge >= 0.3 is 0 Å². The van der Waals surface area contributed by atoms with Crippen molar-refractivity contribution in [3.8, 4) is 5.75 Å². The van der Waals surface area contributed by atoms with E-state index in [1.165, 1.54) is 18.2 Å². The van der Waals surface area contributed by atoms with Crippen molar-refractivity contribution in [1.29, 1.82) is 0 Å². The maximum atomic E-state index is 12.7. The molecule has 0 amide bonds. The van der Waals surface area contributed by atoms with Gasteiger partial charge in [-0.1, -0.05) is 0 Å². The van der Waals surface area contributed by atoms with Crippen LogP contribution in [0.25, 0.3) is 0 Å². The standard InChI is InChI=1S/C13H11FN2O/c14-10-2-4-11(5-3-10)16-8-9-1-6-13(17)12(15)7-9/h1-8,17H,15H2. The SMILES string of the molecule is Nc1cc(C=Nc2ccc(F)cc2)ccc1O. The lowest BCUT2D eigenvalue weighted by Crippen LogP contribution is -1.88. The first-order chi connectivity index (χ1) is 8.15. The summed E-state index contributed by atoms with van der Waals surface area (Å²) in [6.07, 6.45) is 1.60. The molecule has 0 heterocycles. The third-order valence-electron chi connectivity index (χ3n) is 2.24. The Morgan fingerprint density at radius 3 is 2.47 bits per heavy atom. The Hall–Kier alpha value is -2.36. The van der Waals surface area contributed by atoms with E-state index in [0.717, 1.165) is 5.56 Å². The number of nitrogens with two attached hydrogens (primary N) is 1. The van der Waals surface area contributed by atoms with E-state index < -0.39 is 0 Å². The third kappa shape index (κ3) is 2.81. The summed E-state index contributed by atoms with van der Waals surface area (Å²) in [6, 6.07) is 10.7. The minimum atomic E-state index is -0.294. The van der Waals surface area contributed by atoms with Crippen molar-refractivity contribution in [3.05, 3.63) is 53.8 Å². The highest BCUT2D eigenvalue weighted by Gasteiger charge is 1.96. The highest BCUT2D eigenvalue weighted by atomic mass is 19.1. The molecule has 86 valence electrons. The summed E-state index contributed by atoms with van der Waals surface area (Å²) in [5.74, 6) is -0.248. The van der Waals surface area contributed by atoms with Gasteiger partial charge in [0.1, 0.15) is 11.6 Å². The number of phenols is 1. The molecule has 0 aliphatic carbocycles. The average molecular weight is 230 g/mol. The fraction of sp³-hybridized carbons (Fsp3) is 0. The molecule has 0 bridgehead atoms. The molecule has 0 atom stereocenters. The monoisotopic (exact) mass is 230 g/mol. The summed E-state index contributed by atoms with van der Waals surface area (Å²) in [4.78, 5) is 4.16. The van der Waals surface area contributed by atoms with Crippen LogP contribution in [0, 0.1) is 5.82 Å². The Labute approximate surface area is 98.0 Å². The highest BCUT2D eigenvalue weighted by molar-refractivity contribution is 5.84. The summed E-state index contributed by atoms with van der Waals surface area (Å²) in [6.45, 7) is 0. The molecule has 0 fully saturated rings. The number of halogens is 1. The molecule has 0 saturated heterocycles. The highest BCUT2D eigenvalue weighted by Crippen LogP contribution is 2.20. The smallest absolute Gasteiger partial charge is 0.138 e. The van der Waals surface area contributed by atoms with Crippen molar-refractivity contribution >= 4 is 17.6 Å². The van der Waals surface area contributed by atoms with Gasteiger partial charge in [0, 0.05) is 6.21 Å². The minimum Gasteiger partial charge on any atom is -0.506 e. The Kier molecular flexibility index (Phi) is 3.05. The summed E-state index contributed by atoms with van der Waals surface area (Å²) in [5.41, 5.74) is 7.27. The van der Waals surface area contributed by atoms with Gasteiger partial charge in [-0.3, -0.25) is 4.99 Å². The van der Waals surface area contributed by atoms with E-state index in [1.54, 1.807) is 30.5 Å². The van der Waals surface area contributed by atoms with E-state index in [4.69, 9.17) is 5.73 Å². The first-order valence-electron chi connectivity index (χ1n) is 5.03. The molecule has 0 aromatic heterocycles. The predicted octanol–water partition coefficient (Wildman–Crippen LogP) is 2.86. The van der Waals surface area contributed by atoms with E-state index in [-0.39, 0.29) is 11.6 Å². The van der Waals surface area contributed by atoms with Crippen molar-refractivity contribution in [2.45, 2.75) is 0 Å². The summed E-state index contributed by atoms with van der Waals surface area (Å²) < 4.78 is 12.7. The number of anilines is 1. The second-order valence-electron chi connectivity index (χ2n) is 3.55. The van der Waals surface area contributed by atoms with E-state index in [1.807, 2.05) is 0 Å². The maximum absolute atomic E-state index is 12.7. The van der Waals surface area contributed by atoms with Crippen LogP contribution in [0.4, 0.5) is 15.8 Å². The van der Waals surface area contributed by atoms with Gasteiger partial charge in [0.2, 0.25) is 0 Å². The minimum absolute atomic E-state index is 0.0453. The largest absolute Gasteiger partial charge is 0.506 e. The average Bonchev–Trinajstić information content (AvgIpc) is 2.33. The van der Waals surface area contributed by atoms with E-state index in [9.17, 15) is 9.50 Å². The molecule has 0 aliphatic rings. The molecule has 0 saturated carbocycles. The van der Waals surface area contributed by atoms with Crippen LogP contribution in [0.15, 0.2) is 47.5 Å². The lowest BCUT2D eigenvalue weighted by Gasteiger charge is -1.99. The predicted molar refractivity (Wildman–Crippen MR) is 66.2 cm³/mol. The van der Waals surface area contributed by atoms with Crippen LogP contribution in [0.1, 0.15) is 5.56 Å².